The third-order valence-electron chi connectivity index (χ3n) is 7.64. The molecule has 2 aliphatic heterocycles. The number of nitrogens with one attached hydrogen (secondary N) is 4. The Kier molecular flexibility index (Phi) is 5.13. The summed E-state index contributed by atoms with van der Waals surface area (Å²) in [6.45, 7) is 1.57. The molecule has 2 aromatic rings. The molecule has 0 aromatic carbocycles. The van der Waals surface area contributed by atoms with Crippen LogP contribution in [0.25, 0.3) is 0 Å². The van der Waals surface area contributed by atoms with Crippen LogP contribution in [0.2, 0.25) is 0 Å². The number of pyridine rings is 1. The lowest BCUT2D eigenvalue weighted by Crippen LogP contribution is -2.47. The minimum Gasteiger partial charge on any atom is -0.338 e. The van der Waals surface area contributed by atoms with Crippen molar-refractivity contribution in [3.63, 3.8) is 0 Å². The van der Waals surface area contributed by atoms with E-state index in [1.807, 2.05) is 0 Å². The van der Waals surface area contributed by atoms with Crippen molar-refractivity contribution in [2.45, 2.75) is 50.6 Å². The van der Waals surface area contributed by atoms with E-state index >= 15 is 0 Å². The molecule has 0 bridgehead atoms. The van der Waals surface area contributed by atoms with Crippen molar-refractivity contribution < 1.29 is 27.6 Å². The molecule has 2 atom stereocenters. The fourth-order valence-corrected chi connectivity index (χ4v) is 5.60. The van der Waals surface area contributed by atoms with Crippen LogP contribution >= 0.6 is 0 Å². The van der Waals surface area contributed by atoms with Crippen molar-refractivity contribution >= 4 is 23.3 Å². The monoisotopic (exact) mass is 515 g/mol. The first-order chi connectivity index (χ1) is 17.6. The summed E-state index contributed by atoms with van der Waals surface area (Å²) in [7, 11) is 1.79. The molecule has 194 valence electrons. The molecule has 2 amide bonds. The van der Waals surface area contributed by atoms with Crippen molar-refractivity contribution in [2.24, 2.45) is 5.92 Å². The van der Waals surface area contributed by atoms with Crippen molar-refractivity contribution in [3.8, 4) is 0 Å². The number of fused-ring (bicyclic) bond motifs is 3. The summed E-state index contributed by atoms with van der Waals surface area (Å²) >= 11 is 0. The van der Waals surface area contributed by atoms with E-state index in [0.29, 0.717) is 30.5 Å². The van der Waals surface area contributed by atoms with Crippen LogP contribution in [0.5, 0.6) is 0 Å². The number of likely N-dealkylation sites (N-methyl/N-ethyl adjacent to an activating group) is 1. The first kappa shape index (κ1) is 23.5. The van der Waals surface area contributed by atoms with Gasteiger partial charge < -0.3 is 20.6 Å². The minimum atomic E-state index is -3.15. The van der Waals surface area contributed by atoms with E-state index in [1.54, 1.807) is 29.7 Å². The number of hydrazine groups is 2. The number of hydrogen-bond acceptors (Lipinski definition) is 7. The van der Waals surface area contributed by atoms with Gasteiger partial charge in [-0.15, -0.1) is 5.53 Å². The fraction of sp³-hybridized carbons (Fsp3) is 0.417. The molecule has 2 saturated carbocycles. The Labute approximate surface area is 209 Å². The zero-order chi connectivity index (χ0) is 26.2. The Balaban J connectivity index is 1.30. The van der Waals surface area contributed by atoms with Crippen LogP contribution in [0.4, 0.5) is 18.9 Å². The van der Waals surface area contributed by atoms with E-state index in [-0.39, 0.29) is 23.2 Å². The van der Waals surface area contributed by atoms with Crippen molar-refractivity contribution in [1.82, 2.24) is 30.8 Å². The number of carbonyl (C=O) groups is 3. The summed E-state index contributed by atoms with van der Waals surface area (Å²) in [5.41, 5.74) is 5.58. The van der Waals surface area contributed by atoms with Gasteiger partial charge in [0.25, 0.3) is 24.0 Å². The second kappa shape index (κ2) is 8.07. The SMILES string of the molecule is Cc1c(C(=O)C(=O)NC2(C3=CNNN3C)CC2)c2n(c1C(=O)Nc1ccnc(C(F)F)c1F)[C@@H]1C[C@@H]1C2. The lowest BCUT2D eigenvalue weighted by molar-refractivity contribution is -0.117. The molecule has 10 nitrogen and oxygen atoms in total. The molecule has 4 N–H and O–H groups in total. The molecule has 4 aliphatic rings. The average Bonchev–Trinajstić information content (AvgIpc) is 3.68. The zero-order valence-electron chi connectivity index (χ0n) is 20.0. The third kappa shape index (κ3) is 3.59. The molecule has 0 spiro atoms. The maximum absolute atomic E-state index is 14.5. The van der Waals surface area contributed by atoms with Gasteiger partial charge in [-0.2, -0.15) is 0 Å². The van der Waals surface area contributed by atoms with Gasteiger partial charge in [0, 0.05) is 31.2 Å². The topological polar surface area (TPSA) is 120 Å². The molecule has 6 rings (SSSR count). The van der Waals surface area contributed by atoms with Gasteiger partial charge in [0.05, 0.1) is 22.5 Å². The van der Waals surface area contributed by atoms with Crippen LogP contribution < -0.4 is 21.6 Å². The van der Waals surface area contributed by atoms with Gasteiger partial charge in [0.2, 0.25) is 0 Å². The number of rotatable bonds is 7. The van der Waals surface area contributed by atoms with Gasteiger partial charge in [0.15, 0.2) is 5.82 Å². The maximum Gasteiger partial charge on any atom is 0.293 e. The maximum atomic E-state index is 14.5. The lowest BCUT2D eigenvalue weighted by atomic mass is 10.0. The van der Waals surface area contributed by atoms with Crippen LogP contribution in [0, 0.1) is 18.7 Å². The third-order valence-corrected chi connectivity index (χ3v) is 7.64. The summed E-state index contributed by atoms with van der Waals surface area (Å²) in [5.74, 6) is -3.33. The van der Waals surface area contributed by atoms with Gasteiger partial charge in [0.1, 0.15) is 11.4 Å². The Morgan fingerprint density at radius 2 is 2.03 bits per heavy atom. The summed E-state index contributed by atoms with van der Waals surface area (Å²) < 4.78 is 42.4. The molecule has 0 radical (unpaired) electrons. The molecule has 13 heteroatoms. The van der Waals surface area contributed by atoms with Crippen LogP contribution in [0.1, 0.15) is 69.5 Å². The molecule has 2 fully saturated rings. The number of nitrogens with zero attached hydrogens (tertiary/aromatic N) is 3. The number of anilines is 1. The highest BCUT2D eigenvalue weighted by Gasteiger charge is 2.53. The second-order valence-corrected chi connectivity index (χ2v) is 9.96. The van der Waals surface area contributed by atoms with Crippen LogP contribution in [-0.2, 0) is 11.2 Å². The lowest BCUT2D eigenvalue weighted by Gasteiger charge is -2.24. The normalized spacial score (nSPS) is 22.2. The van der Waals surface area contributed by atoms with E-state index < -0.39 is 46.8 Å². The number of alkyl halides is 2. The second-order valence-electron chi connectivity index (χ2n) is 9.96. The Bertz CT molecular complexity index is 1400. The van der Waals surface area contributed by atoms with Gasteiger partial charge >= 0.3 is 0 Å². The van der Waals surface area contributed by atoms with Crippen LogP contribution in [-0.4, -0.2) is 44.7 Å². The van der Waals surface area contributed by atoms with E-state index in [4.69, 9.17) is 0 Å². The standard InChI is InChI=1S/C24H24F3N7O3/c1-10-16(20(35)23(37)31-24(4-5-24)15-9-29-32-33(15)2)14-8-11-7-13(11)34(14)19(10)22(36)30-12-3-6-28-18(17(12)25)21(26)27/h3,6,9,11,13,21,29,32H,4-5,7-8H2,1-2H3,(H,31,37)(H,28,30,36)/t11-,13-/m1/s1. The molecule has 0 saturated heterocycles. The molecule has 4 heterocycles. The van der Waals surface area contributed by atoms with E-state index in [0.717, 1.165) is 24.4 Å². The highest BCUT2D eigenvalue weighted by molar-refractivity contribution is 6.44. The predicted molar refractivity (Wildman–Crippen MR) is 124 cm³/mol. The van der Waals surface area contributed by atoms with Crippen molar-refractivity contribution in [1.29, 1.82) is 0 Å². The minimum absolute atomic E-state index is 0.00203. The largest absolute Gasteiger partial charge is 0.338 e. The highest BCUT2D eigenvalue weighted by Crippen LogP contribution is 2.54. The van der Waals surface area contributed by atoms with E-state index in [2.05, 4.69) is 26.6 Å². The summed E-state index contributed by atoms with van der Waals surface area (Å²) in [6, 6.07) is 1.09. The number of aromatic nitrogens is 2. The molecule has 0 unspecified atom stereocenters. The molecule has 37 heavy (non-hydrogen) atoms. The Hall–Kier alpha value is -3.87. The van der Waals surface area contributed by atoms with Gasteiger partial charge in [-0.25, -0.2) is 13.2 Å². The summed E-state index contributed by atoms with van der Waals surface area (Å²) in [5, 5.41) is 6.95. The van der Waals surface area contributed by atoms with Crippen LogP contribution in [0.15, 0.2) is 24.2 Å². The van der Waals surface area contributed by atoms with Gasteiger partial charge in [-0.1, -0.05) is 0 Å². The molecular weight excluding hydrogens is 491 g/mol. The number of amides is 2. The predicted octanol–water partition coefficient (Wildman–Crippen LogP) is 2.27. The first-order valence-electron chi connectivity index (χ1n) is 11.9. The first-order valence-corrected chi connectivity index (χ1v) is 11.9. The molecular formula is C24H24F3N7O3. The quantitative estimate of drug-likeness (QED) is 0.330. The number of halogens is 3. The van der Waals surface area contributed by atoms with Gasteiger partial charge in [-0.05, 0) is 50.2 Å². The highest BCUT2D eigenvalue weighted by atomic mass is 19.3. The Morgan fingerprint density at radius 3 is 2.68 bits per heavy atom. The fourth-order valence-electron chi connectivity index (χ4n) is 5.60. The van der Waals surface area contributed by atoms with Crippen molar-refractivity contribution in [3.05, 3.63) is 58.2 Å². The number of carbonyl (C=O) groups excluding carboxylic acids is 3. The molecule has 2 aliphatic carbocycles. The van der Waals surface area contributed by atoms with Crippen LogP contribution in [0.3, 0.4) is 0 Å². The smallest absolute Gasteiger partial charge is 0.293 e. The number of ketones is 1. The summed E-state index contributed by atoms with van der Waals surface area (Å²) in [4.78, 5) is 43.2. The van der Waals surface area contributed by atoms with E-state index in [1.165, 1.54) is 0 Å². The molecule has 2 aromatic heterocycles. The zero-order valence-corrected chi connectivity index (χ0v) is 20.0. The van der Waals surface area contributed by atoms with Gasteiger partial charge in [-0.3, -0.25) is 24.4 Å². The number of Topliss-reactive ketones (excluding diaryl/α,β-unsaturated/α-hetero) is 1. The summed E-state index contributed by atoms with van der Waals surface area (Å²) in [6.07, 6.45) is 2.28. The van der Waals surface area contributed by atoms with Crippen molar-refractivity contribution in [2.75, 3.05) is 12.4 Å². The Morgan fingerprint density at radius 1 is 1.27 bits per heavy atom. The van der Waals surface area contributed by atoms with E-state index in [9.17, 15) is 27.6 Å². The average molecular weight is 515 g/mol. The number of hydrogen-bond donors (Lipinski definition) is 4.